The number of likely N-dealkylation sites (tertiary alicyclic amines) is 1. The van der Waals surface area contributed by atoms with E-state index in [2.05, 4.69) is 4.98 Å². The minimum absolute atomic E-state index is 0.103. The van der Waals surface area contributed by atoms with Gasteiger partial charge >= 0.3 is 0 Å². The summed E-state index contributed by atoms with van der Waals surface area (Å²) in [6.45, 7) is 4.17. The van der Waals surface area contributed by atoms with Crippen LogP contribution < -0.4 is 0 Å². The molecule has 27 heavy (non-hydrogen) atoms. The number of benzene rings is 1. The molecule has 142 valence electrons. The SMILES string of the molecule is CCN(Cc1ccncc1)C(=O)[C@H]1CCC(=O)N(Cc2ccc(Cl)cc2)C1. The molecule has 0 spiro atoms. The lowest BCUT2D eigenvalue weighted by Crippen LogP contribution is -2.46. The third kappa shape index (κ3) is 5.07. The Morgan fingerprint density at radius 3 is 2.56 bits per heavy atom. The van der Waals surface area contributed by atoms with E-state index < -0.39 is 0 Å². The van der Waals surface area contributed by atoms with Gasteiger partial charge in [-0.05, 0) is 48.7 Å². The first-order chi connectivity index (χ1) is 13.1. The molecule has 1 aromatic carbocycles. The quantitative estimate of drug-likeness (QED) is 0.764. The van der Waals surface area contributed by atoms with Crippen molar-refractivity contribution >= 4 is 23.4 Å². The maximum atomic E-state index is 13.0. The average Bonchev–Trinajstić information content (AvgIpc) is 2.70. The van der Waals surface area contributed by atoms with E-state index in [1.54, 1.807) is 17.3 Å². The predicted octanol–water partition coefficient (Wildman–Crippen LogP) is 3.52. The number of carbonyl (C=O) groups is 2. The van der Waals surface area contributed by atoms with E-state index in [1.165, 1.54) is 0 Å². The molecule has 0 saturated carbocycles. The van der Waals surface area contributed by atoms with E-state index in [0.29, 0.717) is 44.0 Å². The first kappa shape index (κ1) is 19.4. The zero-order valence-corrected chi connectivity index (χ0v) is 16.2. The van der Waals surface area contributed by atoms with E-state index in [0.717, 1.165) is 11.1 Å². The van der Waals surface area contributed by atoms with Crippen LogP contribution in [0, 0.1) is 5.92 Å². The Morgan fingerprint density at radius 2 is 1.89 bits per heavy atom. The summed E-state index contributed by atoms with van der Waals surface area (Å²) >= 11 is 5.93. The summed E-state index contributed by atoms with van der Waals surface area (Å²) in [5.74, 6) is 0.0610. The fraction of sp³-hybridized carbons (Fsp3) is 0.381. The van der Waals surface area contributed by atoms with Gasteiger partial charge in [0.05, 0.1) is 5.92 Å². The second-order valence-electron chi connectivity index (χ2n) is 6.84. The number of hydrogen-bond donors (Lipinski definition) is 0. The van der Waals surface area contributed by atoms with Crippen molar-refractivity contribution in [3.8, 4) is 0 Å². The molecule has 1 aliphatic rings. The van der Waals surface area contributed by atoms with Crippen LogP contribution in [0.3, 0.4) is 0 Å². The van der Waals surface area contributed by atoms with Crippen LogP contribution in [0.1, 0.15) is 30.9 Å². The molecule has 3 rings (SSSR count). The average molecular weight is 386 g/mol. The standard InChI is InChI=1S/C21H24ClN3O2/c1-2-24(13-17-9-11-23-12-10-17)21(27)18-5-8-20(26)25(15-18)14-16-3-6-19(22)7-4-16/h3-4,6-7,9-12,18H,2,5,8,13-15H2,1H3/t18-/m0/s1. The normalized spacial score (nSPS) is 17.0. The molecule has 5 nitrogen and oxygen atoms in total. The number of rotatable bonds is 6. The molecule has 0 aliphatic carbocycles. The van der Waals surface area contributed by atoms with E-state index in [1.807, 2.05) is 48.2 Å². The molecular formula is C21H24ClN3O2. The first-order valence-electron chi connectivity index (χ1n) is 9.26. The third-order valence-electron chi connectivity index (χ3n) is 4.95. The summed E-state index contributed by atoms with van der Waals surface area (Å²) in [6, 6.07) is 11.3. The van der Waals surface area contributed by atoms with Crippen LogP contribution in [0.25, 0.3) is 0 Å². The molecule has 1 saturated heterocycles. The Hall–Kier alpha value is -2.40. The van der Waals surface area contributed by atoms with Crippen molar-refractivity contribution in [3.63, 3.8) is 0 Å². The van der Waals surface area contributed by atoms with Crippen LogP contribution >= 0.6 is 11.6 Å². The van der Waals surface area contributed by atoms with Crippen molar-refractivity contribution in [2.24, 2.45) is 5.92 Å². The molecule has 6 heteroatoms. The van der Waals surface area contributed by atoms with Gasteiger partial charge in [0, 0.05) is 50.0 Å². The minimum atomic E-state index is -0.156. The van der Waals surface area contributed by atoms with Gasteiger partial charge in [0.2, 0.25) is 11.8 Å². The molecular weight excluding hydrogens is 362 g/mol. The van der Waals surface area contributed by atoms with Crippen molar-refractivity contribution in [1.82, 2.24) is 14.8 Å². The van der Waals surface area contributed by atoms with Crippen molar-refractivity contribution in [3.05, 3.63) is 64.9 Å². The van der Waals surface area contributed by atoms with Gasteiger partial charge in [-0.3, -0.25) is 14.6 Å². The molecule has 2 heterocycles. The van der Waals surface area contributed by atoms with Crippen LogP contribution in [-0.2, 0) is 22.7 Å². The van der Waals surface area contributed by atoms with Gasteiger partial charge in [0.25, 0.3) is 0 Å². The van der Waals surface area contributed by atoms with E-state index in [4.69, 9.17) is 11.6 Å². The van der Waals surface area contributed by atoms with Gasteiger partial charge in [-0.15, -0.1) is 0 Å². The number of pyridine rings is 1. The lowest BCUT2D eigenvalue weighted by molar-refractivity contribution is -0.143. The van der Waals surface area contributed by atoms with Crippen LogP contribution in [0.4, 0.5) is 0 Å². The highest BCUT2D eigenvalue weighted by atomic mass is 35.5. The lowest BCUT2D eigenvalue weighted by Gasteiger charge is -2.34. The summed E-state index contributed by atoms with van der Waals surface area (Å²) < 4.78 is 0. The number of piperidine rings is 1. The summed E-state index contributed by atoms with van der Waals surface area (Å²) in [7, 11) is 0. The Morgan fingerprint density at radius 1 is 1.19 bits per heavy atom. The van der Waals surface area contributed by atoms with Crippen LogP contribution in [0.15, 0.2) is 48.8 Å². The van der Waals surface area contributed by atoms with Crippen molar-refractivity contribution in [1.29, 1.82) is 0 Å². The zero-order chi connectivity index (χ0) is 19.2. The monoisotopic (exact) mass is 385 g/mol. The maximum Gasteiger partial charge on any atom is 0.227 e. The molecule has 1 fully saturated rings. The second-order valence-corrected chi connectivity index (χ2v) is 7.28. The number of hydrogen-bond acceptors (Lipinski definition) is 3. The summed E-state index contributed by atoms with van der Waals surface area (Å²) in [5.41, 5.74) is 2.08. The predicted molar refractivity (Wildman–Crippen MR) is 105 cm³/mol. The van der Waals surface area contributed by atoms with E-state index in [-0.39, 0.29) is 17.7 Å². The fourth-order valence-electron chi connectivity index (χ4n) is 3.39. The minimum Gasteiger partial charge on any atom is -0.338 e. The van der Waals surface area contributed by atoms with E-state index in [9.17, 15) is 9.59 Å². The molecule has 1 aliphatic heterocycles. The molecule has 1 atom stereocenters. The van der Waals surface area contributed by atoms with Crippen molar-refractivity contribution in [2.45, 2.75) is 32.9 Å². The maximum absolute atomic E-state index is 13.0. The van der Waals surface area contributed by atoms with E-state index >= 15 is 0 Å². The molecule has 2 aromatic rings. The Bertz CT molecular complexity index is 780. The molecule has 0 unspecified atom stereocenters. The molecule has 0 bridgehead atoms. The highest BCUT2D eigenvalue weighted by Crippen LogP contribution is 2.23. The van der Waals surface area contributed by atoms with Crippen LogP contribution in [0.5, 0.6) is 0 Å². The number of halogens is 1. The zero-order valence-electron chi connectivity index (χ0n) is 15.5. The van der Waals surface area contributed by atoms with Gasteiger partial charge in [-0.2, -0.15) is 0 Å². The highest BCUT2D eigenvalue weighted by Gasteiger charge is 2.32. The van der Waals surface area contributed by atoms with Gasteiger partial charge in [-0.25, -0.2) is 0 Å². The van der Waals surface area contributed by atoms with Gasteiger partial charge in [-0.1, -0.05) is 23.7 Å². The van der Waals surface area contributed by atoms with Crippen molar-refractivity contribution < 1.29 is 9.59 Å². The van der Waals surface area contributed by atoms with Crippen LogP contribution in [0.2, 0.25) is 5.02 Å². The second kappa shape index (κ2) is 9.00. The number of amides is 2. The first-order valence-corrected chi connectivity index (χ1v) is 9.64. The summed E-state index contributed by atoms with van der Waals surface area (Å²) in [4.78, 5) is 33.0. The molecule has 0 N–H and O–H groups in total. The molecule has 0 radical (unpaired) electrons. The Balaban J connectivity index is 1.65. The molecule has 2 amide bonds. The summed E-state index contributed by atoms with van der Waals surface area (Å²) in [5, 5.41) is 0.673. The van der Waals surface area contributed by atoms with Crippen LogP contribution in [-0.4, -0.2) is 39.7 Å². The number of aromatic nitrogens is 1. The van der Waals surface area contributed by atoms with Crippen molar-refractivity contribution in [2.75, 3.05) is 13.1 Å². The van der Waals surface area contributed by atoms with Gasteiger partial charge < -0.3 is 9.80 Å². The Labute approximate surface area is 164 Å². The van der Waals surface area contributed by atoms with Gasteiger partial charge in [0.1, 0.15) is 0 Å². The number of carbonyl (C=O) groups excluding carboxylic acids is 2. The van der Waals surface area contributed by atoms with Gasteiger partial charge in [0.15, 0.2) is 0 Å². The summed E-state index contributed by atoms with van der Waals surface area (Å²) in [6.07, 6.45) is 4.50. The molecule has 1 aromatic heterocycles. The Kier molecular flexibility index (Phi) is 6.45. The fourth-order valence-corrected chi connectivity index (χ4v) is 3.52. The third-order valence-corrected chi connectivity index (χ3v) is 5.20. The highest BCUT2D eigenvalue weighted by molar-refractivity contribution is 6.30. The topological polar surface area (TPSA) is 53.5 Å². The lowest BCUT2D eigenvalue weighted by atomic mass is 9.95. The smallest absolute Gasteiger partial charge is 0.227 e. The largest absolute Gasteiger partial charge is 0.338 e. The number of nitrogens with zero attached hydrogens (tertiary/aromatic N) is 3.